The molecular weight excluding hydrogens is 486 g/mol. The van der Waals surface area contributed by atoms with Gasteiger partial charge in [0.15, 0.2) is 5.11 Å². The molecule has 1 aliphatic heterocycles. The van der Waals surface area contributed by atoms with Crippen molar-refractivity contribution in [2.75, 3.05) is 22.9 Å². The molecule has 0 radical (unpaired) electrons. The van der Waals surface area contributed by atoms with Gasteiger partial charge in [-0.1, -0.05) is 12.1 Å². The summed E-state index contributed by atoms with van der Waals surface area (Å²) in [6.45, 7) is 15.1. The quantitative estimate of drug-likeness (QED) is 0.261. The summed E-state index contributed by atoms with van der Waals surface area (Å²) in [6, 6.07) is 23.9. The fourth-order valence-electron chi connectivity index (χ4n) is 5.92. The number of hydrogen-bond donors (Lipinski definition) is 1. The van der Waals surface area contributed by atoms with Crippen LogP contribution < -0.4 is 15.1 Å². The number of pyridine rings is 1. The molecular formula is C32H37N5S. The molecule has 4 aromatic rings. The third kappa shape index (κ3) is 4.69. The van der Waals surface area contributed by atoms with Crippen molar-refractivity contribution in [3.63, 3.8) is 0 Å². The van der Waals surface area contributed by atoms with Crippen LogP contribution in [0.15, 0.2) is 72.9 Å². The van der Waals surface area contributed by atoms with Crippen molar-refractivity contribution >= 4 is 28.7 Å². The summed E-state index contributed by atoms with van der Waals surface area (Å²) in [5, 5.41) is 4.34. The maximum atomic E-state index is 5.98. The summed E-state index contributed by atoms with van der Waals surface area (Å²) in [4.78, 5) is 9.39. The Kier molecular flexibility index (Phi) is 7.26. The number of nitrogens with zero attached hydrogens (tertiary/aromatic N) is 4. The van der Waals surface area contributed by atoms with Crippen molar-refractivity contribution in [1.82, 2.24) is 14.9 Å². The Balaban J connectivity index is 1.63. The highest BCUT2D eigenvalue weighted by atomic mass is 32.1. The summed E-state index contributed by atoms with van der Waals surface area (Å²) in [5.41, 5.74) is 10.6. The van der Waals surface area contributed by atoms with Crippen LogP contribution in [0.5, 0.6) is 0 Å². The van der Waals surface area contributed by atoms with Crippen LogP contribution in [0.4, 0.5) is 11.4 Å². The van der Waals surface area contributed by atoms with E-state index in [1.165, 1.54) is 39.5 Å². The molecule has 5 rings (SSSR count). The van der Waals surface area contributed by atoms with E-state index in [1.807, 2.05) is 18.3 Å². The van der Waals surface area contributed by atoms with E-state index >= 15 is 0 Å². The Morgan fingerprint density at radius 3 is 2.16 bits per heavy atom. The van der Waals surface area contributed by atoms with Crippen LogP contribution in [0.25, 0.3) is 5.69 Å². The Bertz CT molecular complexity index is 1420. The zero-order chi connectivity index (χ0) is 27.0. The molecule has 0 bridgehead atoms. The molecule has 3 heterocycles. The second-order valence-electron chi connectivity index (χ2n) is 10.2. The molecule has 1 fully saturated rings. The molecule has 1 N–H and O–H groups in total. The Morgan fingerprint density at radius 2 is 1.55 bits per heavy atom. The summed E-state index contributed by atoms with van der Waals surface area (Å²) < 4.78 is 2.36. The smallest absolute Gasteiger partial charge is 0.174 e. The highest BCUT2D eigenvalue weighted by Crippen LogP contribution is 2.44. The Hall–Kier alpha value is -3.64. The maximum absolute atomic E-state index is 5.98. The monoisotopic (exact) mass is 523 g/mol. The lowest BCUT2D eigenvalue weighted by Crippen LogP contribution is -2.29. The van der Waals surface area contributed by atoms with Gasteiger partial charge in [-0.25, -0.2) is 0 Å². The molecule has 2 aromatic heterocycles. The minimum atomic E-state index is -0.0662. The van der Waals surface area contributed by atoms with E-state index in [1.54, 1.807) is 0 Å². The number of anilines is 2. The lowest BCUT2D eigenvalue weighted by atomic mass is 9.96. The molecule has 0 spiro atoms. The first-order chi connectivity index (χ1) is 18.3. The normalized spacial score (nSPS) is 17.1. The van der Waals surface area contributed by atoms with Gasteiger partial charge in [0.1, 0.15) is 0 Å². The molecule has 0 aliphatic carbocycles. The van der Waals surface area contributed by atoms with E-state index in [4.69, 9.17) is 17.2 Å². The first-order valence-corrected chi connectivity index (χ1v) is 13.9. The molecule has 0 saturated carbocycles. The van der Waals surface area contributed by atoms with Crippen LogP contribution in [-0.4, -0.2) is 27.8 Å². The molecule has 0 amide bonds. The van der Waals surface area contributed by atoms with Crippen LogP contribution in [0.2, 0.25) is 0 Å². The van der Waals surface area contributed by atoms with E-state index in [0.29, 0.717) is 0 Å². The van der Waals surface area contributed by atoms with E-state index < -0.39 is 0 Å². The highest BCUT2D eigenvalue weighted by Gasteiger charge is 2.42. The van der Waals surface area contributed by atoms with Gasteiger partial charge in [0.2, 0.25) is 0 Å². The van der Waals surface area contributed by atoms with Gasteiger partial charge in [-0.05, 0) is 125 Å². The van der Waals surface area contributed by atoms with Crippen molar-refractivity contribution in [1.29, 1.82) is 0 Å². The van der Waals surface area contributed by atoms with Crippen molar-refractivity contribution in [2.45, 2.75) is 53.6 Å². The van der Waals surface area contributed by atoms with E-state index in [0.717, 1.165) is 29.6 Å². The van der Waals surface area contributed by atoms with Gasteiger partial charge < -0.3 is 19.7 Å². The Labute approximate surface area is 232 Å². The standard InChI is InChI=1S/C32H37N5S/c1-7-35(8-2)25-12-14-26(15-13-25)36-23(5)20-28(24(36)6)31-30(29-11-9-10-16-33-29)34-32(38)37(31)27-18-21(3)17-22(4)19-27/h9-20,30-31H,7-8H2,1-6H3,(H,34,38)/t30-,31+/m0/s1. The van der Waals surface area contributed by atoms with Crippen LogP contribution in [0, 0.1) is 27.7 Å². The zero-order valence-electron chi connectivity index (χ0n) is 23.2. The lowest BCUT2D eigenvalue weighted by Gasteiger charge is -2.29. The number of rotatable bonds is 7. The number of aryl methyl sites for hydroxylation is 3. The van der Waals surface area contributed by atoms with Gasteiger partial charge in [-0.2, -0.15) is 0 Å². The molecule has 2 aromatic carbocycles. The van der Waals surface area contributed by atoms with Crippen molar-refractivity contribution in [2.24, 2.45) is 0 Å². The second kappa shape index (κ2) is 10.6. The number of thiocarbonyl (C=S) groups is 1. The van der Waals surface area contributed by atoms with Crippen LogP contribution >= 0.6 is 12.2 Å². The SMILES string of the molecule is CCN(CC)c1ccc(-n2c(C)cc([C@@H]3[C@H](c4ccccn4)NC(=S)N3c3cc(C)cc(C)c3)c2C)cc1. The Morgan fingerprint density at radius 1 is 0.868 bits per heavy atom. The molecule has 1 saturated heterocycles. The maximum Gasteiger partial charge on any atom is 0.174 e. The van der Waals surface area contributed by atoms with Gasteiger partial charge in [0.05, 0.1) is 17.8 Å². The summed E-state index contributed by atoms with van der Waals surface area (Å²) in [5.74, 6) is 0. The predicted octanol–water partition coefficient (Wildman–Crippen LogP) is 7.13. The molecule has 5 nitrogen and oxygen atoms in total. The molecule has 0 unspecified atom stereocenters. The third-order valence-electron chi connectivity index (χ3n) is 7.61. The van der Waals surface area contributed by atoms with Gasteiger partial charge in [0, 0.05) is 47.7 Å². The van der Waals surface area contributed by atoms with Crippen LogP contribution in [0.1, 0.15) is 59.7 Å². The van der Waals surface area contributed by atoms with Crippen LogP contribution in [0.3, 0.4) is 0 Å². The lowest BCUT2D eigenvalue weighted by molar-refractivity contribution is 0.565. The third-order valence-corrected chi connectivity index (χ3v) is 7.92. The first-order valence-electron chi connectivity index (χ1n) is 13.5. The summed E-state index contributed by atoms with van der Waals surface area (Å²) >= 11 is 5.98. The van der Waals surface area contributed by atoms with Gasteiger partial charge in [-0.3, -0.25) is 4.98 Å². The van der Waals surface area contributed by atoms with Crippen molar-refractivity contribution in [3.05, 3.63) is 107 Å². The molecule has 2 atom stereocenters. The second-order valence-corrected chi connectivity index (χ2v) is 10.6. The molecule has 6 heteroatoms. The van der Waals surface area contributed by atoms with Gasteiger partial charge in [0.25, 0.3) is 0 Å². The predicted molar refractivity (Wildman–Crippen MR) is 163 cm³/mol. The molecule has 1 aliphatic rings. The average molecular weight is 524 g/mol. The minimum Gasteiger partial charge on any atom is -0.372 e. The fourth-order valence-corrected chi connectivity index (χ4v) is 6.27. The van der Waals surface area contributed by atoms with Crippen molar-refractivity contribution < 1.29 is 0 Å². The summed E-state index contributed by atoms with van der Waals surface area (Å²) in [6.07, 6.45) is 1.86. The van der Waals surface area contributed by atoms with Crippen molar-refractivity contribution in [3.8, 4) is 5.69 Å². The van der Waals surface area contributed by atoms with E-state index in [9.17, 15) is 0 Å². The first kappa shape index (κ1) is 26.0. The number of nitrogens with one attached hydrogen (secondary N) is 1. The van der Waals surface area contributed by atoms with E-state index in [2.05, 4.69) is 116 Å². The molecule has 196 valence electrons. The van der Waals surface area contributed by atoms with Crippen LogP contribution in [-0.2, 0) is 0 Å². The number of hydrogen-bond acceptors (Lipinski definition) is 3. The fraction of sp³-hybridized carbons (Fsp3) is 0.312. The highest BCUT2D eigenvalue weighted by molar-refractivity contribution is 7.80. The number of benzene rings is 2. The van der Waals surface area contributed by atoms with Gasteiger partial charge in [-0.15, -0.1) is 0 Å². The zero-order valence-corrected chi connectivity index (χ0v) is 24.0. The largest absolute Gasteiger partial charge is 0.372 e. The van der Waals surface area contributed by atoms with Gasteiger partial charge >= 0.3 is 0 Å². The summed E-state index contributed by atoms with van der Waals surface area (Å²) in [7, 11) is 0. The number of aromatic nitrogens is 2. The van der Waals surface area contributed by atoms with E-state index in [-0.39, 0.29) is 12.1 Å². The molecule has 38 heavy (non-hydrogen) atoms. The minimum absolute atomic E-state index is 0.0338. The average Bonchev–Trinajstić information content (AvgIpc) is 3.40. The topological polar surface area (TPSA) is 36.3 Å².